The first-order valence-corrected chi connectivity index (χ1v) is 15.3. The van der Waals surface area contributed by atoms with Crippen LogP contribution in [0.3, 0.4) is 0 Å². The number of aliphatic hydroxyl groups is 1. The van der Waals surface area contributed by atoms with Crippen LogP contribution in [0.4, 0.5) is 4.79 Å². The van der Waals surface area contributed by atoms with Gasteiger partial charge in [-0.15, -0.1) is 0 Å². The van der Waals surface area contributed by atoms with Crippen LogP contribution in [-0.2, 0) is 28.3 Å². The van der Waals surface area contributed by atoms with Gasteiger partial charge in [-0.1, -0.05) is 97.1 Å². The van der Waals surface area contributed by atoms with E-state index in [1.165, 1.54) is 36.0 Å². The highest BCUT2D eigenvalue weighted by atomic mass is 16.5. The second-order valence-electron chi connectivity index (χ2n) is 11.5. The number of urea groups is 1. The third kappa shape index (κ3) is 6.24. The number of aliphatic carboxylic acids is 1. The van der Waals surface area contributed by atoms with E-state index in [1.807, 2.05) is 48.5 Å². The quantitative estimate of drug-likeness (QED) is 0.230. The molecule has 1 aliphatic rings. The van der Waals surface area contributed by atoms with E-state index in [1.54, 1.807) is 67.6 Å². The number of carbonyl (C=O) groups is 3. The molecule has 1 heterocycles. The molecule has 0 radical (unpaired) electrons. The summed E-state index contributed by atoms with van der Waals surface area (Å²) in [6.45, 7) is 1.68. The van der Waals surface area contributed by atoms with Crippen LogP contribution < -0.4 is 9.47 Å². The van der Waals surface area contributed by atoms with Gasteiger partial charge < -0.3 is 34.4 Å². The van der Waals surface area contributed by atoms with Crippen molar-refractivity contribution in [3.63, 3.8) is 0 Å². The Balaban J connectivity index is 1.61. The molecule has 4 aromatic carbocycles. The highest BCUT2D eigenvalue weighted by molar-refractivity contribution is 5.98. The topological polar surface area (TPSA) is 120 Å². The summed E-state index contributed by atoms with van der Waals surface area (Å²) in [5.74, 6) is -1.19. The standard InChI is InChI=1S/C37H39N3O7/c1-25(37(45,28-19-11-13-21-30(28)46-3)29-20-12-14-22-31(29)47-4)38(2)34(41)32-33(35(42)43)40(24-27-17-9-6-10-18-27)36(44)39(32)23-26-15-7-5-8-16-26/h5-22,25,32-33,45H,23-24H2,1-4H3,(H,42,43). The fourth-order valence-electron chi connectivity index (χ4n) is 6.37. The van der Waals surface area contributed by atoms with Crippen molar-refractivity contribution in [2.24, 2.45) is 0 Å². The molecule has 47 heavy (non-hydrogen) atoms. The Labute approximate surface area is 274 Å². The Morgan fingerprint density at radius 3 is 1.57 bits per heavy atom. The van der Waals surface area contributed by atoms with Crippen LogP contribution in [0.1, 0.15) is 29.2 Å². The van der Waals surface area contributed by atoms with Gasteiger partial charge in [0.05, 0.1) is 20.3 Å². The van der Waals surface area contributed by atoms with E-state index in [2.05, 4.69) is 0 Å². The molecule has 0 saturated carbocycles. The summed E-state index contributed by atoms with van der Waals surface area (Å²) in [5.41, 5.74) is 0.327. The Morgan fingerprint density at radius 1 is 0.745 bits per heavy atom. The van der Waals surface area contributed by atoms with Gasteiger partial charge in [-0.25, -0.2) is 9.59 Å². The first-order chi connectivity index (χ1) is 22.6. The number of hydrogen-bond donors (Lipinski definition) is 2. The van der Waals surface area contributed by atoms with Crippen molar-refractivity contribution >= 4 is 17.9 Å². The number of carboxylic acids is 1. The number of para-hydroxylation sites is 2. The maximum absolute atomic E-state index is 14.7. The van der Waals surface area contributed by atoms with Crippen LogP contribution in [0.2, 0.25) is 0 Å². The van der Waals surface area contributed by atoms with Gasteiger partial charge in [0, 0.05) is 31.3 Å². The second kappa shape index (κ2) is 14.0. The molecule has 0 spiro atoms. The first-order valence-electron chi connectivity index (χ1n) is 15.3. The molecular formula is C37H39N3O7. The van der Waals surface area contributed by atoms with E-state index in [-0.39, 0.29) is 13.1 Å². The number of carbonyl (C=O) groups excluding carboxylic acids is 2. The molecule has 5 rings (SSSR count). The molecule has 2 N–H and O–H groups in total. The zero-order chi connectivity index (χ0) is 33.7. The van der Waals surface area contributed by atoms with Crippen LogP contribution in [0.15, 0.2) is 109 Å². The fourth-order valence-corrected chi connectivity index (χ4v) is 6.37. The predicted octanol–water partition coefficient (Wildman–Crippen LogP) is 4.75. The monoisotopic (exact) mass is 637 g/mol. The lowest BCUT2D eigenvalue weighted by atomic mass is 9.79. The molecule has 3 amide bonds. The molecule has 244 valence electrons. The van der Waals surface area contributed by atoms with Gasteiger partial charge in [0.1, 0.15) is 23.1 Å². The van der Waals surface area contributed by atoms with Crippen molar-refractivity contribution in [1.29, 1.82) is 0 Å². The molecule has 10 nitrogen and oxygen atoms in total. The molecular weight excluding hydrogens is 598 g/mol. The van der Waals surface area contributed by atoms with Gasteiger partial charge in [-0.3, -0.25) is 4.79 Å². The molecule has 0 aromatic heterocycles. The van der Waals surface area contributed by atoms with Crippen LogP contribution in [-0.4, -0.2) is 82.2 Å². The molecule has 0 aliphatic carbocycles. The van der Waals surface area contributed by atoms with E-state index in [0.29, 0.717) is 22.6 Å². The molecule has 0 bridgehead atoms. The van der Waals surface area contributed by atoms with Crippen molar-refractivity contribution in [3.05, 3.63) is 131 Å². The number of carboxylic acid groups (broad SMARTS) is 1. The number of likely N-dealkylation sites (N-methyl/N-ethyl adjacent to an activating group) is 1. The average molecular weight is 638 g/mol. The molecule has 3 atom stereocenters. The van der Waals surface area contributed by atoms with E-state index in [9.17, 15) is 24.6 Å². The van der Waals surface area contributed by atoms with Crippen LogP contribution in [0, 0.1) is 0 Å². The average Bonchev–Trinajstić information content (AvgIpc) is 3.37. The minimum atomic E-state index is -1.89. The molecule has 10 heteroatoms. The normalized spacial score (nSPS) is 16.9. The maximum atomic E-state index is 14.7. The largest absolute Gasteiger partial charge is 0.496 e. The number of hydrogen-bond acceptors (Lipinski definition) is 6. The zero-order valence-electron chi connectivity index (χ0n) is 26.8. The van der Waals surface area contributed by atoms with E-state index < -0.39 is 41.6 Å². The lowest BCUT2D eigenvalue weighted by molar-refractivity contribution is -0.150. The highest BCUT2D eigenvalue weighted by Gasteiger charge is 2.55. The summed E-state index contributed by atoms with van der Waals surface area (Å²) in [5, 5.41) is 23.4. The van der Waals surface area contributed by atoms with Crippen molar-refractivity contribution in [1.82, 2.24) is 14.7 Å². The third-order valence-corrected chi connectivity index (χ3v) is 8.93. The highest BCUT2D eigenvalue weighted by Crippen LogP contribution is 2.44. The number of benzene rings is 4. The molecule has 4 aromatic rings. The van der Waals surface area contributed by atoms with Crippen molar-refractivity contribution in [2.75, 3.05) is 21.3 Å². The van der Waals surface area contributed by atoms with Gasteiger partial charge in [0.25, 0.3) is 0 Å². The summed E-state index contributed by atoms with van der Waals surface area (Å²) in [6.07, 6.45) is 0. The van der Waals surface area contributed by atoms with Gasteiger partial charge in [-0.05, 0) is 30.2 Å². The lowest BCUT2D eigenvalue weighted by Crippen LogP contribution is -2.58. The van der Waals surface area contributed by atoms with Crippen molar-refractivity contribution in [3.8, 4) is 11.5 Å². The molecule has 1 aliphatic heterocycles. The summed E-state index contributed by atoms with van der Waals surface area (Å²) < 4.78 is 11.3. The minimum absolute atomic E-state index is 0.00264. The minimum Gasteiger partial charge on any atom is -0.496 e. The van der Waals surface area contributed by atoms with Crippen molar-refractivity contribution < 1.29 is 34.1 Å². The number of nitrogens with zero attached hydrogens (tertiary/aromatic N) is 3. The SMILES string of the molecule is COc1ccccc1C(O)(c1ccccc1OC)C(C)N(C)C(=O)C1C(C(=O)O)N(Cc2ccccc2)C(=O)N1Cc1ccccc1. The summed E-state index contributed by atoms with van der Waals surface area (Å²) >= 11 is 0. The van der Waals surface area contributed by atoms with E-state index in [4.69, 9.17) is 9.47 Å². The fraction of sp³-hybridized carbons (Fsp3) is 0.270. The van der Waals surface area contributed by atoms with Crippen LogP contribution in [0.25, 0.3) is 0 Å². The number of amides is 3. The van der Waals surface area contributed by atoms with Crippen molar-refractivity contribution in [2.45, 2.75) is 43.7 Å². The number of ether oxygens (including phenoxy) is 2. The number of methoxy groups -OCH3 is 2. The Kier molecular flexibility index (Phi) is 9.81. The smallest absolute Gasteiger partial charge is 0.329 e. The zero-order valence-corrected chi connectivity index (χ0v) is 26.8. The molecule has 1 saturated heterocycles. The molecule has 3 unspecified atom stereocenters. The Hall–Kier alpha value is -5.35. The van der Waals surface area contributed by atoms with Crippen LogP contribution in [0.5, 0.6) is 11.5 Å². The maximum Gasteiger partial charge on any atom is 0.329 e. The third-order valence-electron chi connectivity index (χ3n) is 8.93. The van der Waals surface area contributed by atoms with Gasteiger partial charge in [0.2, 0.25) is 5.91 Å². The summed E-state index contributed by atoms with van der Waals surface area (Å²) in [4.78, 5) is 45.7. The van der Waals surface area contributed by atoms with Gasteiger partial charge in [-0.2, -0.15) is 0 Å². The summed E-state index contributed by atoms with van der Waals surface area (Å²) in [7, 11) is 4.49. The first kappa shape index (κ1) is 33.0. The van der Waals surface area contributed by atoms with E-state index in [0.717, 1.165) is 11.1 Å². The second-order valence-corrected chi connectivity index (χ2v) is 11.5. The molecule has 1 fully saturated rings. The predicted molar refractivity (Wildman–Crippen MR) is 176 cm³/mol. The Bertz CT molecular complexity index is 1670. The van der Waals surface area contributed by atoms with E-state index >= 15 is 0 Å². The Morgan fingerprint density at radius 2 is 1.15 bits per heavy atom. The number of rotatable bonds is 12. The van der Waals surface area contributed by atoms with Gasteiger partial charge >= 0.3 is 12.0 Å². The van der Waals surface area contributed by atoms with Gasteiger partial charge in [0.15, 0.2) is 6.04 Å². The summed E-state index contributed by atoms with van der Waals surface area (Å²) in [6, 6.07) is 27.6. The lowest BCUT2D eigenvalue weighted by Gasteiger charge is -2.42. The van der Waals surface area contributed by atoms with Crippen LogP contribution >= 0.6 is 0 Å².